The first-order chi connectivity index (χ1) is 10.1. The Kier molecular flexibility index (Phi) is 5.33. The lowest BCUT2D eigenvalue weighted by atomic mass is 9.96. The Balaban J connectivity index is 1.88. The van der Waals surface area contributed by atoms with Crippen molar-refractivity contribution in [3.8, 4) is 0 Å². The van der Waals surface area contributed by atoms with Gasteiger partial charge < -0.3 is 10.4 Å². The second-order valence-corrected chi connectivity index (χ2v) is 5.63. The predicted octanol–water partition coefficient (Wildman–Crippen LogP) is 1.49. The van der Waals surface area contributed by atoms with Gasteiger partial charge in [-0.15, -0.1) is 0 Å². The number of likely N-dealkylation sites (tertiary alicyclic amines) is 1. The summed E-state index contributed by atoms with van der Waals surface area (Å²) in [7, 11) is 0. The number of hydrogen-bond donors (Lipinski definition) is 2. The van der Waals surface area contributed by atoms with Crippen LogP contribution in [0.4, 0.5) is 0 Å². The van der Waals surface area contributed by atoms with E-state index in [9.17, 15) is 9.59 Å². The van der Waals surface area contributed by atoms with Crippen LogP contribution in [0.2, 0.25) is 0 Å². The van der Waals surface area contributed by atoms with Gasteiger partial charge in [0.2, 0.25) is 5.91 Å². The third-order valence-electron chi connectivity index (χ3n) is 3.85. The van der Waals surface area contributed by atoms with Crippen LogP contribution < -0.4 is 5.32 Å². The zero-order valence-corrected chi connectivity index (χ0v) is 12.3. The average Bonchev–Trinajstić information content (AvgIpc) is 2.48. The molecule has 0 radical (unpaired) electrons. The summed E-state index contributed by atoms with van der Waals surface area (Å²) in [5.74, 6) is -1.27. The molecule has 1 amide bonds. The van der Waals surface area contributed by atoms with Crippen LogP contribution in [0.1, 0.15) is 25.3 Å². The zero-order valence-electron chi connectivity index (χ0n) is 12.3. The largest absolute Gasteiger partial charge is 0.480 e. The fourth-order valence-electron chi connectivity index (χ4n) is 2.65. The maximum absolute atomic E-state index is 12.1. The molecule has 1 aliphatic rings. The minimum absolute atomic E-state index is 0.121. The quantitative estimate of drug-likeness (QED) is 0.862. The molecule has 1 aromatic rings. The van der Waals surface area contributed by atoms with Crippen molar-refractivity contribution in [3.05, 3.63) is 35.9 Å². The van der Waals surface area contributed by atoms with Crippen LogP contribution >= 0.6 is 0 Å². The molecule has 1 saturated heterocycles. The zero-order chi connectivity index (χ0) is 15.2. The Morgan fingerprint density at radius 2 is 2.10 bits per heavy atom. The fourth-order valence-corrected chi connectivity index (χ4v) is 2.65. The molecule has 2 unspecified atom stereocenters. The van der Waals surface area contributed by atoms with Gasteiger partial charge in [0.1, 0.15) is 6.04 Å². The number of nitrogens with zero attached hydrogens (tertiary/aromatic N) is 1. The number of rotatable bonds is 5. The van der Waals surface area contributed by atoms with E-state index in [4.69, 9.17) is 5.11 Å². The van der Waals surface area contributed by atoms with Crippen molar-refractivity contribution in [1.29, 1.82) is 0 Å². The van der Waals surface area contributed by atoms with Crippen molar-refractivity contribution < 1.29 is 14.7 Å². The van der Waals surface area contributed by atoms with Crippen LogP contribution in [0.25, 0.3) is 0 Å². The molecule has 1 aliphatic heterocycles. The van der Waals surface area contributed by atoms with Crippen LogP contribution in [0, 0.1) is 5.92 Å². The van der Waals surface area contributed by atoms with E-state index in [1.165, 1.54) is 12.5 Å². The van der Waals surface area contributed by atoms with E-state index in [0.29, 0.717) is 6.54 Å². The summed E-state index contributed by atoms with van der Waals surface area (Å²) in [6.45, 7) is 3.99. The molecule has 0 saturated carbocycles. The van der Waals surface area contributed by atoms with E-state index in [2.05, 4.69) is 22.3 Å². The molecule has 0 aliphatic carbocycles. The number of benzene rings is 1. The van der Waals surface area contributed by atoms with E-state index < -0.39 is 12.0 Å². The van der Waals surface area contributed by atoms with Gasteiger partial charge in [0.05, 0.1) is 5.92 Å². The maximum atomic E-state index is 12.1. The van der Waals surface area contributed by atoms with Crippen LogP contribution in [0.3, 0.4) is 0 Å². The molecule has 0 spiro atoms. The molecular weight excluding hydrogens is 268 g/mol. The molecular formula is C16H22N2O3. The smallest absolute Gasteiger partial charge is 0.325 e. The van der Waals surface area contributed by atoms with Gasteiger partial charge in [0, 0.05) is 13.1 Å². The summed E-state index contributed by atoms with van der Waals surface area (Å²) in [5, 5.41) is 11.4. The monoisotopic (exact) mass is 290 g/mol. The summed E-state index contributed by atoms with van der Waals surface area (Å²) in [5.41, 5.74) is 1.23. The van der Waals surface area contributed by atoms with E-state index in [0.717, 1.165) is 25.9 Å². The van der Waals surface area contributed by atoms with Crippen molar-refractivity contribution >= 4 is 11.9 Å². The molecule has 5 nitrogen and oxygen atoms in total. The highest BCUT2D eigenvalue weighted by Crippen LogP contribution is 2.19. The van der Waals surface area contributed by atoms with E-state index >= 15 is 0 Å². The van der Waals surface area contributed by atoms with Crippen molar-refractivity contribution in [1.82, 2.24) is 10.2 Å². The number of nitrogens with one attached hydrogen (secondary N) is 1. The summed E-state index contributed by atoms with van der Waals surface area (Å²) in [4.78, 5) is 25.2. The van der Waals surface area contributed by atoms with Crippen molar-refractivity contribution in [3.63, 3.8) is 0 Å². The highest BCUT2D eigenvalue weighted by Gasteiger charge is 2.27. The molecule has 5 heteroatoms. The van der Waals surface area contributed by atoms with Crippen molar-refractivity contribution in [2.45, 2.75) is 32.4 Å². The minimum Gasteiger partial charge on any atom is -0.480 e. The molecule has 2 N–H and O–H groups in total. The lowest BCUT2D eigenvalue weighted by molar-refractivity contribution is -0.142. The molecule has 0 bridgehead atoms. The van der Waals surface area contributed by atoms with Gasteiger partial charge in [-0.25, -0.2) is 0 Å². The Bertz CT molecular complexity index is 490. The first kappa shape index (κ1) is 15.5. The number of hydrogen-bond acceptors (Lipinski definition) is 3. The third kappa shape index (κ3) is 4.56. The van der Waals surface area contributed by atoms with Gasteiger partial charge in [-0.1, -0.05) is 30.3 Å². The van der Waals surface area contributed by atoms with Gasteiger partial charge in [-0.3, -0.25) is 14.5 Å². The first-order valence-corrected chi connectivity index (χ1v) is 7.35. The Morgan fingerprint density at radius 1 is 1.38 bits per heavy atom. The molecule has 1 fully saturated rings. The highest BCUT2D eigenvalue weighted by atomic mass is 16.4. The predicted molar refractivity (Wildman–Crippen MR) is 79.7 cm³/mol. The molecule has 21 heavy (non-hydrogen) atoms. The van der Waals surface area contributed by atoms with Gasteiger partial charge >= 0.3 is 5.97 Å². The Morgan fingerprint density at radius 3 is 2.76 bits per heavy atom. The fraction of sp³-hybridized carbons (Fsp3) is 0.500. The number of carbonyl (C=O) groups is 2. The van der Waals surface area contributed by atoms with Gasteiger partial charge in [0.15, 0.2) is 0 Å². The van der Waals surface area contributed by atoms with Gasteiger partial charge in [0.25, 0.3) is 0 Å². The molecule has 114 valence electrons. The van der Waals surface area contributed by atoms with E-state index in [1.54, 1.807) is 0 Å². The third-order valence-corrected chi connectivity index (χ3v) is 3.85. The lowest BCUT2D eigenvalue weighted by Crippen LogP contribution is -2.47. The van der Waals surface area contributed by atoms with Gasteiger partial charge in [-0.2, -0.15) is 0 Å². The maximum Gasteiger partial charge on any atom is 0.325 e. The Labute approximate surface area is 125 Å². The normalized spacial score (nSPS) is 20.7. The topological polar surface area (TPSA) is 69.6 Å². The van der Waals surface area contributed by atoms with E-state index in [1.807, 2.05) is 18.2 Å². The lowest BCUT2D eigenvalue weighted by Gasteiger charge is -2.32. The van der Waals surface area contributed by atoms with Crippen LogP contribution in [0.15, 0.2) is 30.3 Å². The van der Waals surface area contributed by atoms with Gasteiger partial charge in [-0.05, 0) is 31.9 Å². The minimum atomic E-state index is -1.000. The number of piperidine rings is 1. The number of carbonyl (C=O) groups excluding carboxylic acids is 1. The number of carboxylic acid groups (broad SMARTS) is 1. The Hall–Kier alpha value is -1.88. The molecule has 2 rings (SSSR count). The molecule has 2 atom stereocenters. The summed E-state index contributed by atoms with van der Waals surface area (Å²) < 4.78 is 0. The SMILES string of the molecule is CC(NC(=O)C1CCCN(Cc2ccccc2)C1)C(=O)O. The van der Waals surface area contributed by atoms with Crippen LogP contribution in [-0.4, -0.2) is 41.0 Å². The number of carboxylic acids is 1. The second kappa shape index (κ2) is 7.22. The standard InChI is InChI=1S/C16H22N2O3/c1-12(16(20)21)17-15(19)14-8-5-9-18(11-14)10-13-6-3-2-4-7-13/h2-4,6-7,12,14H,5,8-11H2,1H3,(H,17,19)(H,20,21). The molecule has 1 heterocycles. The first-order valence-electron chi connectivity index (χ1n) is 7.35. The average molecular weight is 290 g/mol. The van der Waals surface area contributed by atoms with Crippen LogP contribution in [-0.2, 0) is 16.1 Å². The number of amides is 1. The van der Waals surface area contributed by atoms with E-state index in [-0.39, 0.29) is 11.8 Å². The second-order valence-electron chi connectivity index (χ2n) is 5.63. The number of aliphatic carboxylic acids is 1. The molecule has 1 aromatic carbocycles. The summed E-state index contributed by atoms with van der Waals surface area (Å²) in [6.07, 6.45) is 1.79. The highest BCUT2D eigenvalue weighted by molar-refractivity contribution is 5.84. The van der Waals surface area contributed by atoms with Crippen molar-refractivity contribution in [2.75, 3.05) is 13.1 Å². The summed E-state index contributed by atoms with van der Waals surface area (Å²) >= 11 is 0. The van der Waals surface area contributed by atoms with Crippen LogP contribution in [0.5, 0.6) is 0 Å². The molecule has 0 aromatic heterocycles. The summed E-state index contributed by atoms with van der Waals surface area (Å²) in [6, 6.07) is 9.34. The van der Waals surface area contributed by atoms with Crippen molar-refractivity contribution in [2.24, 2.45) is 5.92 Å².